The Morgan fingerprint density at radius 2 is 1.77 bits per heavy atom. The fraction of sp³-hybridized carbons (Fsp3) is 0.944. The summed E-state index contributed by atoms with van der Waals surface area (Å²) in [6, 6.07) is 0. The Balaban J connectivity index is 0.00000116. The highest BCUT2D eigenvalue weighted by Crippen LogP contribution is 2.24. The van der Waals surface area contributed by atoms with Crippen molar-refractivity contribution in [2.45, 2.75) is 52.4 Å². The maximum absolute atomic E-state index is 12.5. The number of likely N-dealkylation sites (tertiary alicyclic amines) is 2. The van der Waals surface area contributed by atoms with Gasteiger partial charge in [0, 0.05) is 19.5 Å². The van der Waals surface area contributed by atoms with E-state index in [9.17, 15) is 4.79 Å². The highest BCUT2D eigenvalue weighted by Gasteiger charge is 2.26. The van der Waals surface area contributed by atoms with Gasteiger partial charge in [-0.1, -0.05) is 13.8 Å². The monoisotopic (exact) mass is 311 g/mol. The van der Waals surface area contributed by atoms with Crippen molar-refractivity contribution in [2.75, 3.05) is 46.8 Å². The number of nitrogens with zero attached hydrogens (tertiary/aromatic N) is 2. The van der Waals surface area contributed by atoms with Crippen LogP contribution < -0.4 is 5.32 Å². The summed E-state index contributed by atoms with van der Waals surface area (Å²) < 4.78 is 0. The largest absolute Gasteiger partial charge is 0.342 e. The number of carbonyl (C=O) groups excluding carboxylic acids is 1. The van der Waals surface area contributed by atoms with Crippen molar-refractivity contribution in [1.82, 2.24) is 15.1 Å². The minimum Gasteiger partial charge on any atom is -0.342 e. The lowest BCUT2D eigenvalue weighted by molar-refractivity contribution is -0.134. The third-order valence-electron chi connectivity index (χ3n) is 4.98. The van der Waals surface area contributed by atoms with E-state index in [0.29, 0.717) is 17.7 Å². The van der Waals surface area contributed by atoms with Crippen molar-refractivity contribution in [2.24, 2.45) is 11.8 Å². The number of amides is 1. The smallest absolute Gasteiger partial charge is 0.222 e. The lowest BCUT2D eigenvalue weighted by Crippen LogP contribution is -2.42. The van der Waals surface area contributed by atoms with E-state index in [1.165, 1.54) is 32.1 Å². The molecule has 1 N–H and O–H groups in total. The van der Waals surface area contributed by atoms with Crippen LogP contribution in [-0.4, -0.2) is 62.5 Å². The Hall–Kier alpha value is -0.610. The SMILES string of the molecule is CC.CNCCC1CCCN(C(=O)CC2CCN(C)CC2)C1. The molecule has 2 aliphatic rings. The van der Waals surface area contributed by atoms with Gasteiger partial charge in [0.15, 0.2) is 0 Å². The second-order valence-electron chi connectivity index (χ2n) is 6.69. The zero-order chi connectivity index (χ0) is 16.4. The molecule has 0 aliphatic carbocycles. The van der Waals surface area contributed by atoms with Crippen LogP contribution >= 0.6 is 0 Å². The number of nitrogens with one attached hydrogen (secondary N) is 1. The number of rotatable bonds is 5. The zero-order valence-corrected chi connectivity index (χ0v) is 15.2. The van der Waals surface area contributed by atoms with E-state index in [-0.39, 0.29) is 0 Å². The van der Waals surface area contributed by atoms with Gasteiger partial charge in [0.1, 0.15) is 0 Å². The second-order valence-corrected chi connectivity index (χ2v) is 6.69. The van der Waals surface area contributed by atoms with Crippen molar-refractivity contribution < 1.29 is 4.79 Å². The van der Waals surface area contributed by atoms with Crippen molar-refractivity contribution in [3.05, 3.63) is 0 Å². The molecule has 2 rings (SSSR count). The summed E-state index contributed by atoms with van der Waals surface area (Å²) >= 11 is 0. The van der Waals surface area contributed by atoms with Crippen LogP contribution in [0.5, 0.6) is 0 Å². The summed E-state index contributed by atoms with van der Waals surface area (Å²) in [5.41, 5.74) is 0. The van der Waals surface area contributed by atoms with Gasteiger partial charge in [-0.3, -0.25) is 4.79 Å². The van der Waals surface area contributed by atoms with Gasteiger partial charge < -0.3 is 15.1 Å². The van der Waals surface area contributed by atoms with Gasteiger partial charge in [-0.2, -0.15) is 0 Å². The van der Waals surface area contributed by atoms with Crippen molar-refractivity contribution >= 4 is 5.91 Å². The first-order chi connectivity index (χ1) is 10.7. The van der Waals surface area contributed by atoms with Crippen molar-refractivity contribution in [3.8, 4) is 0 Å². The normalized spacial score (nSPS) is 23.8. The molecule has 1 atom stereocenters. The summed E-state index contributed by atoms with van der Waals surface area (Å²) in [4.78, 5) is 17.0. The molecule has 0 spiro atoms. The van der Waals surface area contributed by atoms with Crippen molar-refractivity contribution in [1.29, 1.82) is 0 Å². The standard InChI is InChI=1S/C16H31N3O.C2H6/c1-17-8-5-15-4-3-9-19(13-15)16(20)12-14-6-10-18(2)11-7-14;1-2/h14-15,17H,3-13H2,1-2H3;1-2H3. The molecule has 2 saturated heterocycles. The molecule has 22 heavy (non-hydrogen) atoms. The van der Waals surface area contributed by atoms with Crippen LogP contribution in [0.3, 0.4) is 0 Å². The second kappa shape index (κ2) is 11.0. The molecule has 0 aromatic carbocycles. The van der Waals surface area contributed by atoms with Crippen LogP contribution in [0, 0.1) is 11.8 Å². The fourth-order valence-electron chi connectivity index (χ4n) is 3.52. The predicted molar refractivity (Wildman–Crippen MR) is 94.0 cm³/mol. The number of hydrogen-bond donors (Lipinski definition) is 1. The van der Waals surface area contributed by atoms with Crippen LogP contribution in [0.1, 0.15) is 52.4 Å². The molecule has 1 unspecified atom stereocenters. The Morgan fingerprint density at radius 3 is 2.41 bits per heavy atom. The first kappa shape index (κ1) is 19.4. The van der Waals surface area contributed by atoms with E-state index < -0.39 is 0 Å². The lowest BCUT2D eigenvalue weighted by Gasteiger charge is -2.35. The average Bonchev–Trinajstić information content (AvgIpc) is 2.57. The predicted octanol–water partition coefficient (Wildman–Crippen LogP) is 2.59. The van der Waals surface area contributed by atoms with Crippen LogP contribution in [0.15, 0.2) is 0 Å². The Morgan fingerprint density at radius 1 is 1.09 bits per heavy atom. The molecular weight excluding hydrogens is 274 g/mol. The van der Waals surface area contributed by atoms with Gasteiger partial charge in [0.05, 0.1) is 0 Å². The Labute approximate surface area is 137 Å². The van der Waals surface area contributed by atoms with Gasteiger partial charge in [-0.25, -0.2) is 0 Å². The molecule has 1 amide bonds. The zero-order valence-electron chi connectivity index (χ0n) is 15.2. The maximum Gasteiger partial charge on any atom is 0.222 e. The molecule has 4 nitrogen and oxygen atoms in total. The summed E-state index contributed by atoms with van der Waals surface area (Å²) in [7, 11) is 4.18. The highest BCUT2D eigenvalue weighted by atomic mass is 16.2. The lowest BCUT2D eigenvalue weighted by atomic mass is 9.91. The van der Waals surface area contributed by atoms with Crippen molar-refractivity contribution in [3.63, 3.8) is 0 Å². The third-order valence-corrected chi connectivity index (χ3v) is 4.98. The molecule has 0 aromatic rings. The van der Waals surface area contributed by atoms with Gasteiger partial charge in [0.2, 0.25) is 5.91 Å². The number of carbonyl (C=O) groups is 1. The summed E-state index contributed by atoms with van der Waals surface area (Å²) in [5, 5.41) is 3.22. The topological polar surface area (TPSA) is 35.6 Å². The van der Waals surface area contributed by atoms with Crippen LogP contribution in [-0.2, 0) is 4.79 Å². The van der Waals surface area contributed by atoms with Gasteiger partial charge in [-0.05, 0) is 77.7 Å². The van der Waals surface area contributed by atoms with E-state index in [0.717, 1.165) is 39.1 Å². The quantitative estimate of drug-likeness (QED) is 0.848. The highest BCUT2D eigenvalue weighted by molar-refractivity contribution is 5.76. The van der Waals surface area contributed by atoms with Gasteiger partial charge in [-0.15, -0.1) is 0 Å². The van der Waals surface area contributed by atoms with E-state index in [1.54, 1.807) is 0 Å². The molecule has 2 aliphatic heterocycles. The molecular formula is C18H37N3O. The maximum atomic E-state index is 12.5. The van der Waals surface area contributed by atoms with Gasteiger partial charge >= 0.3 is 0 Å². The molecule has 0 bridgehead atoms. The van der Waals surface area contributed by atoms with Crippen LogP contribution in [0.4, 0.5) is 0 Å². The van der Waals surface area contributed by atoms with E-state index in [1.807, 2.05) is 20.9 Å². The van der Waals surface area contributed by atoms with E-state index in [2.05, 4.69) is 22.2 Å². The molecule has 4 heteroatoms. The third kappa shape index (κ3) is 6.66. The van der Waals surface area contributed by atoms with E-state index in [4.69, 9.17) is 0 Å². The van der Waals surface area contributed by atoms with Crippen LogP contribution in [0.25, 0.3) is 0 Å². The summed E-state index contributed by atoms with van der Waals surface area (Å²) in [6.07, 6.45) is 6.85. The summed E-state index contributed by atoms with van der Waals surface area (Å²) in [5.74, 6) is 1.74. The number of piperidine rings is 2. The van der Waals surface area contributed by atoms with Gasteiger partial charge in [0.25, 0.3) is 0 Å². The molecule has 130 valence electrons. The first-order valence-corrected chi connectivity index (χ1v) is 9.30. The average molecular weight is 312 g/mol. The van der Waals surface area contributed by atoms with E-state index >= 15 is 0 Å². The summed E-state index contributed by atoms with van der Waals surface area (Å²) in [6.45, 7) is 9.36. The van der Waals surface area contributed by atoms with Crippen LogP contribution in [0.2, 0.25) is 0 Å². The molecule has 0 aromatic heterocycles. The fourth-order valence-corrected chi connectivity index (χ4v) is 3.52. The Kier molecular flexibility index (Phi) is 9.73. The molecule has 0 saturated carbocycles. The molecule has 2 fully saturated rings. The molecule has 2 heterocycles. The molecule has 0 radical (unpaired) electrons. The Bertz CT molecular complexity index is 301. The minimum absolute atomic E-state index is 0.411. The minimum atomic E-state index is 0.411. The number of hydrogen-bond acceptors (Lipinski definition) is 3. The first-order valence-electron chi connectivity index (χ1n) is 9.30.